The van der Waals surface area contributed by atoms with Crippen molar-refractivity contribution in [1.82, 2.24) is 4.57 Å². The maximum Gasteiger partial charge on any atom is 0.200 e. The van der Waals surface area contributed by atoms with Crippen LogP contribution < -0.4 is 14.9 Å². The van der Waals surface area contributed by atoms with Gasteiger partial charge in [-0.25, -0.2) is 0 Å². The monoisotopic (exact) mass is 427 g/mol. The molecular formula is C27H25NO4. The van der Waals surface area contributed by atoms with Gasteiger partial charge in [-0.05, 0) is 61.9 Å². The van der Waals surface area contributed by atoms with Crippen LogP contribution >= 0.6 is 0 Å². The van der Waals surface area contributed by atoms with E-state index in [0.29, 0.717) is 35.6 Å². The van der Waals surface area contributed by atoms with Crippen LogP contribution in [-0.2, 0) is 6.54 Å². The normalized spacial score (nSPS) is 10.8. The van der Waals surface area contributed by atoms with Crippen molar-refractivity contribution in [2.24, 2.45) is 0 Å². The van der Waals surface area contributed by atoms with Crippen molar-refractivity contribution in [1.29, 1.82) is 0 Å². The zero-order valence-electron chi connectivity index (χ0n) is 18.4. The van der Waals surface area contributed by atoms with Crippen molar-refractivity contribution in [3.63, 3.8) is 0 Å². The Kier molecular flexibility index (Phi) is 6.08. The van der Waals surface area contributed by atoms with Crippen molar-refractivity contribution < 1.29 is 14.3 Å². The maximum atomic E-state index is 13.3. The Morgan fingerprint density at radius 2 is 1.72 bits per heavy atom. The summed E-state index contributed by atoms with van der Waals surface area (Å²) in [4.78, 5) is 26.6. The molecule has 0 atom stereocenters. The predicted molar refractivity (Wildman–Crippen MR) is 126 cm³/mol. The first-order valence-electron chi connectivity index (χ1n) is 10.5. The highest BCUT2D eigenvalue weighted by molar-refractivity contribution is 6.10. The van der Waals surface area contributed by atoms with Gasteiger partial charge < -0.3 is 14.0 Å². The fraction of sp³-hybridized carbons (Fsp3) is 0.185. The number of fused-ring (bicyclic) bond motifs is 1. The van der Waals surface area contributed by atoms with Gasteiger partial charge in [0, 0.05) is 18.3 Å². The Labute approximate surface area is 186 Å². The molecule has 4 aromatic rings. The summed E-state index contributed by atoms with van der Waals surface area (Å²) in [7, 11) is 1.56. The smallest absolute Gasteiger partial charge is 0.200 e. The van der Waals surface area contributed by atoms with E-state index in [0.717, 1.165) is 16.6 Å². The Morgan fingerprint density at radius 1 is 0.969 bits per heavy atom. The lowest BCUT2D eigenvalue weighted by Gasteiger charge is -2.15. The quantitative estimate of drug-likeness (QED) is 0.390. The highest BCUT2D eigenvalue weighted by Crippen LogP contribution is 2.22. The molecule has 1 aromatic heterocycles. The predicted octanol–water partition coefficient (Wildman–Crippen LogP) is 5.00. The van der Waals surface area contributed by atoms with Gasteiger partial charge >= 0.3 is 0 Å². The molecule has 0 aliphatic rings. The minimum atomic E-state index is -0.319. The second kappa shape index (κ2) is 9.10. The number of nitrogens with zero attached hydrogens (tertiary/aromatic N) is 1. The molecule has 0 spiro atoms. The van der Waals surface area contributed by atoms with Crippen LogP contribution in [0, 0.1) is 6.92 Å². The summed E-state index contributed by atoms with van der Waals surface area (Å²) in [5.74, 6) is 0.937. The summed E-state index contributed by atoms with van der Waals surface area (Å²) in [6.45, 7) is 5.02. The van der Waals surface area contributed by atoms with Gasteiger partial charge in [0.2, 0.25) is 5.43 Å². The molecule has 0 bridgehead atoms. The zero-order valence-corrected chi connectivity index (χ0v) is 18.4. The Balaban J connectivity index is 1.85. The van der Waals surface area contributed by atoms with Crippen molar-refractivity contribution in [3.8, 4) is 11.5 Å². The summed E-state index contributed by atoms with van der Waals surface area (Å²) < 4.78 is 12.7. The van der Waals surface area contributed by atoms with Gasteiger partial charge in [0.1, 0.15) is 11.5 Å². The lowest BCUT2D eigenvalue weighted by molar-refractivity contribution is 0.103. The molecule has 0 fully saturated rings. The number of benzene rings is 3. The molecule has 3 aromatic carbocycles. The topological polar surface area (TPSA) is 57.5 Å². The SMILES string of the molecule is CCOc1ccc(C(=O)c2cn(Cc3cccc(C)c3)c3ccc(OC)cc3c2=O)cc1. The molecule has 0 saturated heterocycles. The van der Waals surface area contributed by atoms with Crippen LogP contribution in [0.1, 0.15) is 34.0 Å². The van der Waals surface area contributed by atoms with Crippen LogP contribution in [-0.4, -0.2) is 24.1 Å². The number of hydrogen-bond donors (Lipinski definition) is 0. The second-order valence-corrected chi connectivity index (χ2v) is 7.66. The molecule has 4 rings (SSSR count). The first-order valence-corrected chi connectivity index (χ1v) is 10.5. The number of aryl methyl sites for hydroxylation is 1. The number of methoxy groups -OCH3 is 1. The van der Waals surface area contributed by atoms with Gasteiger partial charge in [0.05, 0.1) is 30.2 Å². The number of ether oxygens (including phenoxy) is 2. The van der Waals surface area contributed by atoms with Crippen LogP contribution in [0.4, 0.5) is 0 Å². The first-order chi connectivity index (χ1) is 15.5. The molecule has 5 nitrogen and oxygen atoms in total. The summed E-state index contributed by atoms with van der Waals surface area (Å²) in [5, 5.41) is 0.453. The number of aromatic nitrogens is 1. The van der Waals surface area contributed by atoms with Crippen molar-refractivity contribution in [2.75, 3.05) is 13.7 Å². The minimum Gasteiger partial charge on any atom is -0.497 e. The van der Waals surface area contributed by atoms with Gasteiger partial charge in [0.15, 0.2) is 5.78 Å². The summed E-state index contributed by atoms with van der Waals surface area (Å²) >= 11 is 0. The van der Waals surface area contributed by atoms with Gasteiger partial charge in [-0.1, -0.05) is 29.8 Å². The zero-order chi connectivity index (χ0) is 22.7. The van der Waals surface area contributed by atoms with Crippen LogP contribution in [0.5, 0.6) is 11.5 Å². The molecule has 0 radical (unpaired) electrons. The molecule has 0 aliphatic carbocycles. The second-order valence-electron chi connectivity index (χ2n) is 7.66. The van der Waals surface area contributed by atoms with E-state index in [9.17, 15) is 9.59 Å². The number of hydrogen-bond acceptors (Lipinski definition) is 4. The van der Waals surface area contributed by atoms with E-state index in [2.05, 4.69) is 6.07 Å². The summed E-state index contributed by atoms with van der Waals surface area (Å²) in [6, 6.07) is 20.4. The maximum absolute atomic E-state index is 13.3. The Bertz CT molecular complexity index is 1340. The number of carbonyl (C=O) groups excluding carboxylic acids is 1. The van der Waals surface area contributed by atoms with E-state index in [1.807, 2.05) is 48.7 Å². The number of ketones is 1. The van der Waals surface area contributed by atoms with Gasteiger partial charge in [-0.3, -0.25) is 9.59 Å². The fourth-order valence-electron chi connectivity index (χ4n) is 3.83. The third kappa shape index (κ3) is 4.28. The van der Waals surface area contributed by atoms with E-state index in [1.165, 1.54) is 0 Å². The molecular weight excluding hydrogens is 402 g/mol. The van der Waals surface area contributed by atoms with Crippen molar-refractivity contribution in [3.05, 3.63) is 105 Å². The highest BCUT2D eigenvalue weighted by Gasteiger charge is 2.18. The van der Waals surface area contributed by atoms with E-state index in [1.54, 1.807) is 43.6 Å². The molecule has 0 N–H and O–H groups in total. The Morgan fingerprint density at radius 3 is 2.41 bits per heavy atom. The molecule has 0 saturated carbocycles. The van der Waals surface area contributed by atoms with E-state index >= 15 is 0 Å². The van der Waals surface area contributed by atoms with E-state index < -0.39 is 0 Å². The van der Waals surface area contributed by atoms with Crippen LogP contribution in [0.25, 0.3) is 10.9 Å². The van der Waals surface area contributed by atoms with Crippen LogP contribution in [0.3, 0.4) is 0 Å². The molecule has 0 aliphatic heterocycles. The molecule has 1 heterocycles. The lowest BCUT2D eigenvalue weighted by atomic mass is 10.0. The highest BCUT2D eigenvalue weighted by atomic mass is 16.5. The van der Waals surface area contributed by atoms with Crippen molar-refractivity contribution >= 4 is 16.7 Å². The number of pyridine rings is 1. The van der Waals surface area contributed by atoms with Gasteiger partial charge in [-0.2, -0.15) is 0 Å². The number of carbonyl (C=O) groups is 1. The van der Waals surface area contributed by atoms with Gasteiger partial charge in [0.25, 0.3) is 0 Å². The third-order valence-electron chi connectivity index (χ3n) is 5.39. The Hall–Kier alpha value is -3.86. The van der Waals surface area contributed by atoms with Gasteiger partial charge in [-0.15, -0.1) is 0 Å². The van der Waals surface area contributed by atoms with E-state index in [4.69, 9.17) is 9.47 Å². The largest absolute Gasteiger partial charge is 0.497 e. The summed E-state index contributed by atoms with van der Waals surface area (Å²) in [5.41, 5.74) is 3.25. The van der Waals surface area contributed by atoms with E-state index in [-0.39, 0.29) is 16.8 Å². The summed E-state index contributed by atoms with van der Waals surface area (Å²) in [6.07, 6.45) is 1.66. The molecule has 162 valence electrons. The molecule has 0 unspecified atom stereocenters. The first kappa shape index (κ1) is 21.4. The number of rotatable bonds is 7. The molecule has 5 heteroatoms. The molecule has 0 amide bonds. The standard InChI is InChI=1S/C27H25NO4/c1-4-32-21-10-8-20(9-11-21)26(29)24-17-28(16-19-7-5-6-18(2)14-19)25-13-12-22(31-3)15-23(25)27(24)30/h5-15,17H,4,16H2,1-3H3. The minimum absolute atomic E-state index is 0.127. The average Bonchev–Trinajstić information content (AvgIpc) is 2.81. The average molecular weight is 428 g/mol. The van der Waals surface area contributed by atoms with Crippen molar-refractivity contribution in [2.45, 2.75) is 20.4 Å². The fourth-order valence-corrected chi connectivity index (χ4v) is 3.83. The lowest BCUT2D eigenvalue weighted by Crippen LogP contribution is -2.20. The van der Waals surface area contributed by atoms with Crippen LogP contribution in [0.2, 0.25) is 0 Å². The van der Waals surface area contributed by atoms with Crippen LogP contribution in [0.15, 0.2) is 77.7 Å². The molecule has 32 heavy (non-hydrogen) atoms. The third-order valence-corrected chi connectivity index (χ3v) is 5.39.